The number of methoxy groups -OCH3 is 2. The number of rotatable bonds is 20. The Morgan fingerprint density at radius 3 is 2.07 bits per heavy atom. The van der Waals surface area contributed by atoms with Gasteiger partial charge in [0.2, 0.25) is 5.69 Å². The Hall–Kier alpha value is -2.85. The predicted octanol–water partition coefficient (Wildman–Crippen LogP) is 4.92. The van der Waals surface area contributed by atoms with Crippen LogP contribution in [0, 0.1) is 0 Å². The molecule has 43 heavy (non-hydrogen) atoms. The van der Waals surface area contributed by atoms with Crippen LogP contribution in [0.25, 0.3) is 0 Å². The summed E-state index contributed by atoms with van der Waals surface area (Å²) in [5.74, 6) is 0. The summed E-state index contributed by atoms with van der Waals surface area (Å²) in [4.78, 5) is 2.38. The molecule has 0 unspecified atom stereocenters. The maximum atomic E-state index is 5.93. The van der Waals surface area contributed by atoms with Crippen molar-refractivity contribution in [1.82, 2.24) is 0 Å². The predicted molar refractivity (Wildman–Crippen MR) is 171 cm³/mol. The van der Waals surface area contributed by atoms with Crippen molar-refractivity contribution in [2.24, 2.45) is 0 Å². The number of para-hydroxylation sites is 2. The molecule has 0 radical (unpaired) electrons. The lowest BCUT2D eigenvalue weighted by molar-refractivity contribution is -0.442. The van der Waals surface area contributed by atoms with Crippen molar-refractivity contribution in [3.63, 3.8) is 0 Å². The standard InChI is InChI=1S/C35H49N2O6/c1-35(2)31-12-6-8-14-33(31)37(17-19-41-25-27-43-23-21-39-4)34(35)15-9-11-30-28-29-10-5-7-13-32(29)36(30)16-18-40-24-26-42-22-20-38-3/h5-15H,16-28H2,1-4H3/q+1. The second-order valence-corrected chi connectivity index (χ2v) is 11.1. The molecule has 234 valence electrons. The van der Waals surface area contributed by atoms with Gasteiger partial charge in [0.15, 0.2) is 12.3 Å². The van der Waals surface area contributed by atoms with Gasteiger partial charge in [0.25, 0.3) is 0 Å². The van der Waals surface area contributed by atoms with E-state index in [1.165, 1.54) is 33.9 Å². The van der Waals surface area contributed by atoms with Crippen molar-refractivity contribution in [2.45, 2.75) is 25.7 Å². The van der Waals surface area contributed by atoms with Gasteiger partial charge in [0.1, 0.15) is 6.61 Å². The molecule has 2 heterocycles. The largest absolute Gasteiger partial charge is 0.382 e. The third-order valence-electron chi connectivity index (χ3n) is 7.87. The smallest absolute Gasteiger partial charge is 0.209 e. The molecule has 4 rings (SSSR count). The summed E-state index contributed by atoms with van der Waals surface area (Å²) >= 11 is 0. The summed E-state index contributed by atoms with van der Waals surface area (Å²) in [6.45, 7) is 12.1. The van der Waals surface area contributed by atoms with Crippen LogP contribution in [0.4, 0.5) is 11.4 Å². The van der Waals surface area contributed by atoms with Crippen LogP contribution >= 0.6 is 0 Å². The van der Waals surface area contributed by atoms with Crippen molar-refractivity contribution < 1.29 is 33.0 Å². The molecule has 8 heteroatoms. The summed E-state index contributed by atoms with van der Waals surface area (Å²) < 4.78 is 35.3. The molecule has 2 aliphatic heterocycles. The highest BCUT2D eigenvalue weighted by Gasteiger charge is 2.43. The fourth-order valence-corrected chi connectivity index (χ4v) is 5.65. The lowest BCUT2D eigenvalue weighted by Crippen LogP contribution is -2.29. The van der Waals surface area contributed by atoms with Crippen LogP contribution in [0.15, 0.2) is 72.5 Å². The molecule has 0 saturated heterocycles. The fourth-order valence-electron chi connectivity index (χ4n) is 5.65. The number of hydrogen-bond donors (Lipinski definition) is 0. The van der Waals surface area contributed by atoms with Crippen LogP contribution in [0.2, 0.25) is 0 Å². The molecule has 8 nitrogen and oxygen atoms in total. The van der Waals surface area contributed by atoms with Crippen LogP contribution in [-0.4, -0.2) is 104 Å². The molecule has 2 aromatic rings. The van der Waals surface area contributed by atoms with E-state index in [1.807, 2.05) is 0 Å². The first-order valence-electron chi connectivity index (χ1n) is 15.3. The zero-order valence-electron chi connectivity index (χ0n) is 26.4. The number of anilines is 1. The molecule has 2 aromatic carbocycles. The molecular formula is C35H49N2O6+. The first-order chi connectivity index (χ1) is 21.1. The van der Waals surface area contributed by atoms with Gasteiger partial charge in [-0.2, -0.15) is 4.58 Å². The number of fused-ring (bicyclic) bond motifs is 2. The van der Waals surface area contributed by atoms with Crippen LogP contribution in [0.3, 0.4) is 0 Å². The molecule has 0 N–H and O–H groups in total. The van der Waals surface area contributed by atoms with Gasteiger partial charge in [-0.25, -0.2) is 0 Å². The average Bonchev–Trinajstić information content (AvgIpc) is 3.47. The second-order valence-electron chi connectivity index (χ2n) is 11.1. The Balaban J connectivity index is 1.42. The van der Waals surface area contributed by atoms with Gasteiger partial charge in [-0.3, -0.25) is 0 Å². The van der Waals surface area contributed by atoms with Crippen molar-refractivity contribution in [2.75, 3.05) is 98.3 Å². The minimum absolute atomic E-state index is 0.119. The normalized spacial score (nSPS) is 16.6. The fraction of sp³-hybridized carbons (Fsp3) is 0.514. The molecule has 0 bridgehead atoms. The lowest BCUT2D eigenvalue weighted by Gasteiger charge is -2.21. The van der Waals surface area contributed by atoms with Crippen LogP contribution in [0.1, 0.15) is 25.0 Å². The Morgan fingerprint density at radius 2 is 1.35 bits per heavy atom. The molecule has 0 aliphatic carbocycles. The van der Waals surface area contributed by atoms with Gasteiger partial charge >= 0.3 is 0 Å². The molecule has 0 spiro atoms. The van der Waals surface area contributed by atoms with Crippen molar-refractivity contribution >= 4 is 17.1 Å². The highest BCUT2D eigenvalue weighted by molar-refractivity contribution is 6.03. The Labute approximate surface area is 257 Å². The summed E-state index contributed by atoms with van der Waals surface area (Å²) in [6.07, 6.45) is 7.64. The van der Waals surface area contributed by atoms with Crippen molar-refractivity contribution in [1.29, 1.82) is 0 Å². The molecule has 0 amide bonds. The molecule has 0 fully saturated rings. The monoisotopic (exact) mass is 593 g/mol. The third kappa shape index (κ3) is 9.08. The SMILES string of the molecule is COCCOCCOCCN1C(=CC=CC2=[N+](CCOCCOCCOC)c3ccccc3C2(C)C)Cc2ccccc21. The number of ether oxygens (including phenoxy) is 6. The van der Waals surface area contributed by atoms with E-state index < -0.39 is 0 Å². The van der Waals surface area contributed by atoms with Crippen molar-refractivity contribution in [3.8, 4) is 0 Å². The van der Waals surface area contributed by atoms with Crippen LogP contribution in [0.5, 0.6) is 0 Å². The van der Waals surface area contributed by atoms with Crippen LogP contribution in [-0.2, 0) is 40.3 Å². The van der Waals surface area contributed by atoms with E-state index in [4.69, 9.17) is 28.4 Å². The Bertz CT molecular complexity index is 1240. The minimum Gasteiger partial charge on any atom is -0.382 e. The van der Waals surface area contributed by atoms with Gasteiger partial charge in [0.05, 0.1) is 64.9 Å². The topological polar surface area (TPSA) is 61.6 Å². The van der Waals surface area contributed by atoms with Crippen molar-refractivity contribution in [3.05, 3.63) is 83.6 Å². The van der Waals surface area contributed by atoms with Gasteiger partial charge in [-0.1, -0.05) is 42.5 Å². The van der Waals surface area contributed by atoms with E-state index in [2.05, 4.69) is 90.1 Å². The zero-order valence-corrected chi connectivity index (χ0v) is 26.4. The molecule has 0 saturated carbocycles. The Kier molecular flexibility index (Phi) is 13.4. The number of nitrogens with zero attached hydrogens (tertiary/aromatic N) is 2. The molecular weight excluding hydrogens is 544 g/mol. The highest BCUT2D eigenvalue weighted by Crippen LogP contribution is 2.40. The van der Waals surface area contributed by atoms with Gasteiger partial charge in [-0.05, 0) is 31.6 Å². The maximum Gasteiger partial charge on any atom is 0.209 e. The molecule has 0 atom stereocenters. The lowest BCUT2D eigenvalue weighted by atomic mass is 9.81. The summed E-state index contributed by atoms with van der Waals surface area (Å²) in [6, 6.07) is 17.3. The average molecular weight is 594 g/mol. The molecule has 2 aliphatic rings. The van der Waals surface area contributed by atoms with E-state index in [-0.39, 0.29) is 5.41 Å². The van der Waals surface area contributed by atoms with E-state index in [0.29, 0.717) is 66.1 Å². The third-order valence-corrected chi connectivity index (χ3v) is 7.87. The number of hydrogen-bond acceptors (Lipinski definition) is 7. The first-order valence-corrected chi connectivity index (χ1v) is 15.3. The number of allylic oxidation sites excluding steroid dienone is 4. The van der Waals surface area contributed by atoms with Gasteiger partial charge < -0.3 is 33.3 Å². The van der Waals surface area contributed by atoms with E-state index >= 15 is 0 Å². The highest BCUT2D eigenvalue weighted by atomic mass is 16.5. The van der Waals surface area contributed by atoms with E-state index in [0.717, 1.165) is 19.5 Å². The summed E-state index contributed by atoms with van der Waals surface area (Å²) in [5, 5.41) is 0. The quantitative estimate of drug-likeness (QED) is 0.160. The maximum absolute atomic E-state index is 5.93. The number of benzene rings is 2. The zero-order chi connectivity index (χ0) is 30.3. The second kappa shape index (κ2) is 17.4. The summed E-state index contributed by atoms with van der Waals surface area (Å²) in [5.41, 5.74) is 7.61. The van der Waals surface area contributed by atoms with Gasteiger partial charge in [0, 0.05) is 56.3 Å². The van der Waals surface area contributed by atoms with E-state index in [9.17, 15) is 0 Å². The van der Waals surface area contributed by atoms with Crippen LogP contribution < -0.4 is 4.90 Å². The Morgan fingerprint density at radius 1 is 0.744 bits per heavy atom. The summed E-state index contributed by atoms with van der Waals surface area (Å²) in [7, 11) is 3.35. The molecule has 0 aromatic heterocycles. The first kappa shape index (κ1) is 33.1. The minimum atomic E-state index is -0.119. The van der Waals surface area contributed by atoms with E-state index in [1.54, 1.807) is 14.2 Å². The van der Waals surface area contributed by atoms with Gasteiger partial charge in [-0.15, -0.1) is 0 Å².